The van der Waals surface area contributed by atoms with Crippen molar-refractivity contribution in [2.24, 2.45) is 0 Å². The fraction of sp³-hybridized carbons (Fsp3) is 0.250. The van der Waals surface area contributed by atoms with Crippen LogP contribution in [0.4, 0.5) is 5.69 Å². The van der Waals surface area contributed by atoms with Crippen LogP contribution in [0.3, 0.4) is 0 Å². The van der Waals surface area contributed by atoms with Crippen molar-refractivity contribution < 1.29 is 22.7 Å². The van der Waals surface area contributed by atoms with Gasteiger partial charge in [-0.3, -0.25) is 4.79 Å². The van der Waals surface area contributed by atoms with E-state index in [0.29, 0.717) is 30.4 Å². The Balaban J connectivity index is 1.30. The Kier molecular flexibility index (Phi) is 6.14. The van der Waals surface area contributed by atoms with Crippen molar-refractivity contribution in [3.8, 4) is 17.2 Å². The highest BCUT2D eigenvalue weighted by molar-refractivity contribution is 7.89. The topological polar surface area (TPSA) is 124 Å². The Bertz CT molecular complexity index is 1150. The molecule has 1 amide bonds. The van der Waals surface area contributed by atoms with E-state index in [4.69, 9.17) is 9.47 Å². The average Bonchev–Trinajstić information content (AvgIpc) is 3.19. The fourth-order valence-electron chi connectivity index (χ4n) is 2.96. The van der Waals surface area contributed by atoms with Gasteiger partial charge in [-0.15, -0.1) is 0 Å². The molecule has 0 atom stereocenters. The lowest BCUT2D eigenvalue weighted by Gasteiger charge is -2.11. The molecule has 162 valence electrons. The third-order valence-corrected chi connectivity index (χ3v) is 5.97. The highest BCUT2D eigenvalue weighted by atomic mass is 32.2. The van der Waals surface area contributed by atoms with E-state index in [-0.39, 0.29) is 23.8 Å². The molecule has 31 heavy (non-hydrogen) atoms. The maximum absolute atomic E-state index is 12.5. The third-order valence-electron chi connectivity index (χ3n) is 4.51. The predicted octanol–water partition coefficient (Wildman–Crippen LogP) is 1.74. The molecule has 0 bridgehead atoms. The second-order valence-electron chi connectivity index (χ2n) is 6.74. The Hall–Kier alpha value is -3.44. The van der Waals surface area contributed by atoms with Crippen molar-refractivity contribution in [2.45, 2.75) is 17.7 Å². The lowest BCUT2D eigenvalue weighted by Crippen LogP contribution is -2.27. The molecule has 2 aromatic carbocycles. The highest BCUT2D eigenvalue weighted by Crippen LogP contribution is 2.31. The highest BCUT2D eigenvalue weighted by Gasteiger charge is 2.19. The summed E-state index contributed by atoms with van der Waals surface area (Å²) in [4.78, 5) is 16.1. The molecule has 1 aromatic heterocycles. The molecule has 0 saturated heterocycles. The van der Waals surface area contributed by atoms with Gasteiger partial charge < -0.3 is 14.8 Å². The minimum absolute atomic E-state index is 0.0192. The zero-order valence-corrected chi connectivity index (χ0v) is 17.3. The number of carbonyl (C=O) groups excluding carboxylic acids is 1. The van der Waals surface area contributed by atoms with Gasteiger partial charge in [-0.2, -0.15) is 5.10 Å². The number of anilines is 1. The van der Waals surface area contributed by atoms with E-state index in [9.17, 15) is 13.2 Å². The molecule has 2 N–H and O–H groups in total. The molecule has 1 aliphatic heterocycles. The first kappa shape index (κ1) is 20.8. The summed E-state index contributed by atoms with van der Waals surface area (Å²) in [5, 5.41) is 6.76. The number of amides is 1. The number of hydrogen-bond acceptors (Lipinski definition) is 7. The van der Waals surface area contributed by atoms with Gasteiger partial charge in [0, 0.05) is 31.1 Å². The van der Waals surface area contributed by atoms with E-state index in [1.807, 2.05) is 0 Å². The number of ether oxygens (including phenoxy) is 2. The Labute approximate surface area is 179 Å². The number of carbonyl (C=O) groups is 1. The summed E-state index contributed by atoms with van der Waals surface area (Å²) < 4.78 is 40.2. The van der Waals surface area contributed by atoms with Gasteiger partial charge in [-0.05, 0) is 36.4 Å². The number of hydrogen-bond donors (Lipinski definition) is 2. The molecule has 0 fully saturated rings. The van der Waals surface area contributed by atoms with E-state index in [0.717, 1.165) is 12.1 Å². The summed E-state index contributed by atoms with van der Waals surface area (Å²) in [6.07, 6.45) is 3.72. The zero-order chi connectivity index (χ0) is 21.7. The maximum atomic E-state index is 12.5. The monoisotopic (exact) mass is 443 g/mol. The quantitative estimate of drug-likeness (QED) is 0.570. The van der Waals surface area contributed by atoms with Gasteiger partial charge in [0.25, 0.3) is 0 Å². The van der Waals surface area contributed by atoms with Gasteiger partial charge in [-0.1, -0.05) is 0 Å². The molecular weight excluding hydrogens is 422 g/mol. The number of fused-ring (bicyclic) bond motifs is 1. The number of sulfonamides is 1. The molecule has 11 heteroatoms. The average molecular weight is 443 g/mol. The van der Waals surface area contributed by atoms with Gasteiger partial charge in [0.1, 0.15) is 12.7 Å². The summed E-state index contributed by atoms with van der Waals surface area (Å²) in [5.41, 5.74) is 1.40. The van der Waals surface area contributed by atoms with Crippen LogP contribution in [0, 0.1) is 0 Å². The van der Waals surface area contributed by atoms with Crippen molar-refractivity contribution in [1.29, 1.82) is 0 Å². The van der Waals surface area contributed by atoms with Crippen molar-refractivity contribution >= 4 is 21.6 Å². The normalized spacial score (nSPS) is 13.4. The molecule has 1 aliphatic rings. The first-order valence-electron chi connectivity index (χ1n) is 9.65. The summed E-state index contributed by atoms with van der Waals surface area (Å²) >= 11 is 0. The number of aromatic nitrogens is 3. The summed E-state index contributed by atoms with van der Waals surface area (Å²) in [5.74, 6) is 0.605. The van der Waals surface area contributed by atoms with Crippen molar-refractivity contribution in [3.63, 3.8) is 0 Å². The van der Waals surface area contributed by atoms with Crippen LogP contribution in [0.2, 0.25) is 0 Å². The van der Waals surface area contributed by atoms with E-state index in [1.54, 1.807) is 41.3 Å². The molecule has 0 spiro atoms. The van der Waals surface area contributed by atoms with E-state index < -0.39 is 10.0 Å². The molecule has 4 rings (SSSR count). The SMILES string of the molecule is O=C(CCNS(=O)(=O)c1ccc2c(c1)OCCCO2)Nc1ccc(-n2cncn2)cc1. The summed E-state index contributed by atoms with van der Waals surface area (Å²) in [6, 6.07) is 11.5. The Morgan fingerprint density at radius 2 is 1.84 bits per heavy atom. The number of nitrogens with one attached hydrogen (secondary N) is 2. The van der Waals surface area contributed by atoms with E-state index in [2.05, 4.69) is 20.1 Å². The van der Waals surface area contributed by atoms with Gasteiger partial charge in [-0.25, -0.2) is 22.8 Å². The summed E-state index contributed by atoms with van der Waals surface area (Å²) in [7, 11) is -3.79. The number of rotatable bonds is 7. The molecule has 10 nitrogen and oxygen atoms in total. The van der Waals surface area contributed by atoms with E-state index in [1.165, 1.54) is 18.5 Å². The fourth-order valence-corrected chi connectivity index (χ4v) is 4.00. The van der Waals surface area contributed by atoms with Crippen molar-refractivity contribution in [2.75, 3.05) is 25.1 Å². The van der Waals surface area contributed by atoms with Crippen LogP contribution in [0.1, 0.15) is 12.8 Å². The standard InChI is InChI=1S/C20H21N5O5S/c26-20(24-15-2-4-16(5-3-15)25-14-21-13-22-25)8-9-23-31(27,28)17-6-7-18-19(12-17)30-11-1-10-29-18/h2-7,12-14,23H,1,8-11H2,(H,24,26). The minimum atomic E-state index is -3.79. The molecule has 0 saturated carbocycles. The maximum Gasteiger partial charge on any atom is 0.240 e. The minimum Gasteiger partial charge on any atom is -0.490 e. The van der Waals surface area contributed by atoms with Crippen LogP contribution in [0.15, 0.2) is 60.0 Å². The number of benzene rings is 2. The lowest BCUT2D eigenvalue weighted by molar-refractivity contribution is -0.116. The third kappa shape index (κ3) is 5.19. The number of nitrogens with zero attached hydrogens (tertiary/aromatic N) is 3. The largest absolute Gasteiger partial charge is 0.490 e. The molecule has 0 unspecified atom stereocenters. The Morgan fingerprint density at radius 1 is 1.06 bits per heavy atom. The molecule has 2 heterocycles. The first-order chi connectivity index (χ1) is 15.0. The van der Waals surface area contributed by atoms with E-state index >= 15 is 0 Å². The van der Waals surface area contributed by atoms with Crippen LogP contribution < -0.4 is 19.5 Å². The van der Waals surface area contributed by atoms with Crippen molar-refractivity contribution in [3.05, 3.63) is 55.1 Å². The molecule has 0 radical (unpaired) electrons. The first-order valence-corrected chi connectivity index (χ1v) is 11.1. The second-order valence-corrected chi connectivity index (χ2v) is 8.51. The van der Waals surface area contributed by atoms with Crippen molar-refractivity contribution in [1.82, 2.24) is 19.5 Å². The van der Waals surface area contributed by atoms with Crippen LogP contribution in [-0.2, 0) is 14.8 Å². The van der Waals surface area contributed by atoms with Gasteiger partial charge in [0.2, 0.25) is 15.9 Å². The van der Waals surface area contributed by atoms with Crippen LogP contribution in [0.5, 0.6) is 11.5 Å². The van der Waals surface area contributed by atoms with Crippen LogP contribution >= 0.6 is 0 Å². The molecule has 0 aliphatic carbocycles. The van der Waals surface area contributed by atoms with Gasteiger partial charge in [0.15, 0.2) is 11.5 Å². The van der Waals surface area contributed by atoms with Gasteiger partial charge in [0.05, 0.1) is 23.8 Å². The van der Waals surface area contributed by atoms with Crippen LogP contribution in [0.25, 0.3) is 5.69 Å². The second kappa shape index (κ2) is 9.14. The van der Waals surface area contributed by atoms with Crippen LogP contribution in [-0.4, -0.2) is 48.8 Å². The predicted molar refractivity (Wildman–Crippen MR) is 112 cm³/mol. The zero-order valence-electron chi connectivity index (χ0n) is 16.5. The smallest absolute Gasteiger partial charge is 0.240 e. The lowest BCUT2D eigenvalue weighted by atomic mass is 10.2. The Morgan fingerprint density at radius 3 is 2.58 bits per heavy atom. The van der Waals surface area contributed by atoms with Gasteiger partial charge >= 0.3 is 0 Å². The summed E-state index contributed by atoms with van der Waals surface area (Å²) in [6.45, 7) is 0.944. The molecule has 3 aromatic rings. The molecular formula is C20H21N5O5S.